The summed E-state index contributed by atoms with van der Waals surface area (Å²) in [6.07, 6.45) is 3.28. The van der Waals surface area contributed by atoms with Crippen molar-refractivity contribution in [1.29, 1.82) is 0 Å². The number of anilines is 1. The average molecular weight is 216 g/mol. The van der Waals surface area contributed by atoms with Gasteiger partial charge in [-0.15, -0.1) is 0 Å². The van der Waals surface area contributed by atoms with Gasteiger partial charge in [-0.25, -0.2) is 0 Å². The Kier molecular flexibility index (Phi) is 2.33. The largest absolute Gasteiger partial charge is 0.397 e. The van der Waals surface area contributed by atoms with E-state index in [-0.39, 0.29) is 0 Å². The first-order valence-corrected chi connectivity index (χ1v) is 5.75. The van der Waals surface area contributed by atoms with E-state index in [0.29, 0.717) is 5.92 Å². The van der Waals surface area contributed by atoms with Gasteiger partial charge in [0.05, 0.1) is 17.8 Å². The predicted molar refractivity (Wildman–Crippen MR) is 65.3 cm³/mol. The molecular weight excluding hydrogens is 200 g/mol. The molecule has 0 radical (unpaired) electrons. The molecule has 1 aromatic carbocycles. The Morgan fingerprint density at radius 2 is 2.31 bits per heavy atom. The van der Waals surface area contributed by atoms with Crippen LogP contribution >= 0.6 is 0 Å². The molecule has 0 saturated carbocycles. The maximum atomic E-state index is 6.02. The van der Waals surface area contributed by atoms with Crippen LogP contribution in [0.1, 0.15) is 6.42 Å². The first-order valence-electron chi connectivity index (χ1n) is 5.75. The topological polar surface area (TPSA) is 40.2 Å². The van der Waals surface area contributed by atoms with E-state index in [1.165, 1.54) is 5.39 Å². The van der Waals surface area contributed by atoms with Crippen molar-refractivity contribution < 1.29 is 4.74 Å². The van der Waals surface area contributed by atoms with Gasteiger partial charge < -0.3 is 15.0 Å². The van der Waals surface area contributed by atoms with Crippen molar-refractivity contribution in [1.82, 2.24) is 4.57 Å². The van der Waals surface area contributed by atoms with E-state index in [0.717, 1.165) is 37.4 Å². The maximum Gasteiger partial charge on any atom is 0.0713 e. The van der Waals surface area contributed by atoms with Crippen LogP contribution in [0.25, 0.3) is 10.9 Å². The van der Waals surface area contributed by atoms with E-state index >= 15 is 0 Å². The fourth-order valence-corrected chi connectivity index (χ4v) is 2.45. The smallest absolute Gasteiger partial charge is 0.0713 e. The average Bonchev–Trinajstić information content (AvgIpc) is 2.90. The zero-order valence-corrected chi connectivity index (χ0v) is 9.23. The number of hydrogen-bond acceptors (Lipinski definition) is 2. The molecule has 1 unspecified atom stereocenters. The Morgan fingerprint density at radius 3 is 3.12 bits per heavy atom. The highest BCUT2D eigenvalue weighted by atomic mass is 16.5. The van der Waals surface area contributed by atoms with Gasteiger partial charge in [0, 0.05) is 30.7 Å². The number of hydrogen-bond donors (Lipinski definition) is 1. The molecule has 1 fully saturated rings. The number of para-hydroxylation sites is 1. The molecule has 0 spiro atoms. The Morgan fingerprint density at radius 1 is 1.38 bits per heavy atom. The fraction of sp³-hybridized carbons (Fsp3) is 0.385. The lowest BCUT2D eigenvalue weighted by Crippen LogP contribution is -2.10. The lowest BCUT2D eigenvalue weighted by Gasteiger charge is -2.11. The Bertz CT molecular complexity index is 498. The number of nitrogens with two attached hydrogens (primary N) is 1. The van der Waals surface area contributed by atoms with Crippen LogP contribution in [-0.4, -0.2) is 17.8 Å². The lowest BCUT2D eigenvalue weighted by atomic mass is 10.1. The number of aromatic nitrogens is 1. The van der Waals surface area contributed by atoms with Gasteiger partial charge in [0.1, 0.15) is 0 Å². The van der Waals surface area contributed by atoms with Crippen LogP contribution in [0, 0.1) is 5.92 Å². The monoisotopic (exact) mass is 216 g/mol. The van der Waals surface area contributed by atoms with Gasteiger partial charge in [-0.05, 0) is 18.6 Å². The van der Waals surface area contributed by atoms with Crippen LogP contribution in [0.15, 0.2) is 30.5 Å². The molecule has 0 bridgehead atoms. The van der Waals surface area contributed by atoms with Crippen LogP contribution in [0.3, 0.4) is 0 Å². The van der Waals surface area contributed by atoms with Crippen LogP contribution in [0.5, 0.6) is 0 Å². The summed E-state index contributed by atoms with van der Waals surface area (Å²) < 4.78 is 7.66. The maximum absolute atomic E-state index is 6.02. The van der Waals surface area contributed by atoms with Gasteiger partial charge >= 0.3 is 0 Å². The minimum absolute atomic E-state index is 0.634. The number of rotatable bonds is 2. The molecule has 1 aliphatic rings. The zero-order valence-electron chi connectivity index (χ0n) is 9.23. The molecule has 16 heavy (non-hydrogen) atoms. The van der Waals surface area contributed by atoms with E-state index in [1.54, 1.807) is 0 Å². The molecule has 1 aliphatic heterocycles. The summed E-state index contributed by atoms with van der Waals surface area (Å²) in [5, 5.41) is 1.22. The second-order valence-electron chi connectivity index (χ2n) is 4.48. The van der Waals surface area contributed by atoms with Crippen molar-refractivity contribution in [2.24, 2.45) is 5.92 Å². The molecule has 1 aromatic heterocycles. The van der Waals surface area contributed by atoms with Crippen LogP contribution in [-0.2, 0) is 11.3 Å². The van der Waals surface area contributed by atoms with Crippen molar-refractivity contribution in [2.75, 3.05) is 18.9 Å². The van der Waals surface area contributed by atoms with Gasteiger partial charge in [0.2, 0.25) is 0 Å². The van der Waals surface area contributed by atoms with Crippen molar-refractivity contribution in [3.8, 4) is 0 Å². The van der Waals surface area contributed by atoms with Gasteiger partial charge in [0.25, 0.3) is 0 Å². The zero-order chi connectivity index (χ0) is 11.0. The number of benzene rings is 1. The number of fused-ring (bicyclic) bond motifs is 1. The minimum atomic E-state index is 0.634. The van der Waals surface area contributed by atoms with Gasteiger partial charge in [-0.1, -0.05) is 12.1 Å². The number of nitrogen functional groups attached to an aromatic ring is 1. The molecule has 2 aromatic rings. The van der Waals surface area contributed by atoms with Crippen LogP contribution < -0.4 is 5.73 Å². The second kappa shape index (κ2) is 3.83. The molecular formula is C13H16N2O. The lowest BCUT2D eigenvalue weighted by molar-refractivity contribution is 0.183. The molecule has 1 saturated heterocycles. The Hall–Kier alpha value is -1.48. The van der Waals surface area contributed by atoms with Crippen molar-refractivity contribution in [3.63, 3.8) is 0 Å². The highest BCUT2D eigenvalue weighted by molar-refractivity contribution is 5.90. The molecule has 2 heterocycles. The summed E-state index contributed by atoms with van der Waals surface area (Å²) in [7, 11) is 0. The standard InChI is InChI=1S/C13H16N2O/c14-12-3-1-2-11-4-6-15(13(11)12)8-10-5-7-16-9-10/h1-4,6,10H,5,7-9,14H2. The minimum Gasteiger partial charge on any atom is -0.397 e. The molecule has 84 valence electrons. The highest BCUT2D eigenvalue weighted by Gasteiger charge is 2.17. The van der Waals surface area contributed by atoms with Crippen molar-refractivity contribution in [2.45, 2.75) is 13.0 Å². The fourth-order valence-electron chi connectivity index (χ4n) is 2.45. The van der Waals surface area contributed by atoms with E-state index in [4.69, 9.17) is 10.5 Å². The van der Waals surface area contributed by atoms with E-state index in [9.17, 15) is 0 Å². The molecule has 3 nitrogen and oxygen atoms in total. The highest BCUT2D eigenvalue weighted by Crippen LogP contribution is 2.24. The summed E-state index contributed by atoms with van der Waals surface area (Å²) >= 11 is 0. The first kappa shape index (κ1) is 9.73. The summed E-state index contributed by atoms with van der Waals surface area (Å²) in [4.78, 5) is 0. The van der Waals surface area contributed by atoms with Gasteiger partial charge in [-0.2, -0.15) is 0 Å². The van der Waals surface area contributed by atoms with Gasteiger partial charge in [-0.3, -0.25) is 0 Å². The van der Waals surface area contributed by atoms with Crippen molar-refractivity contribution in [3.05, 3.63) is 30.5 Å². The van der Waals surface area contributed by atoms with Crippen LogP contribution in [0.4, 0.5) is 5.69 Å². The summed E-state index contributed by atoms with van der Waals surface area (Å²) in [5.41, 5.74) is 8.05. The third kappa shape index (κ3) is 1.57. The Labute approximate surface area is 94.8 Å². The summed E-state index contributed by atoms with van der Waals surface area (Å²) in [6, 6.07) is 8.19. The van der Waals surface area contributed by atoms with E-state index in [1.807, 2.05) is 12.1 Å². The number of ether oxygens (including phenoxy) is 1. The van der Waals surface area contributed by atoms with Crippen molar-refractivity contribution >= 4 is 16.6 Å². The van der Waals surface area contributed by atoms with E-state index in [2.05, 4.69) is 22.9 Å². The quantitative estimate of drug-likeness (QED) is 0.782. The third-order valence-corrected chi connectivity index (χ3v) is 3.30. The van der Waals surface area contributed by atoms with E-state index < -0.39 is 0 Å². The second-order valence-corrected chi connectivity index (χ2v) is 4.48. The molecule has 2 N–H and O–H groups in total. The normalized spacial score (nSPS) is 20.6. The molecule has 1 atom stereocenters. The van der Waals surface area contributed by atoms with Gasteiger partial charge in [0.15, 0.2) is 0 Å². The molecule has 0 amide bonds. The molecule has 3 heteroatoms. The first-order chi connectivity index (χ1) is 7.84. The summed E-state index contributed by atoms with van der Waals surface area (Å²) in [5.74, 6) is 0.634. The summed E-state index contributed by atoms with van der Waals surface area (Å²) in [6.45, 7) is 2.80. The number of nitrogens with zero attached hydrogens (tertiary/aromatic N) is 1. The molecule has 3 rings (SSSR count). The Balaban J connectivity index is 1.97. The molecule has 0 aliphatic carbocycles. The van der Waals surface area contributed by atoms with Crippen LogP contribution in [0.2, 0.25) is 0 Å². The third-order valence-electron chi connectivity index (χ3n) is 3.30. The predicted octanol–water partition coefficient (Wildman–Crippen LogP) is 2.26. The SMILES string of the molecule is Nc1cccc2ccn(CC3CCOC3)c12.